The Kier molecular flexibility index (Phi) is 3.34. The molecule has 0 spiro atoms. The van der Waals surface area contributed by atoms with Crippen molar-refractivity contribution in [3.8, 4) is 0 Å². The number of aliphatic imine (C=N–C) groups is 1. The molecule has 0 aromatic carbocycles. The van der Waals surface area contributed by atoms with Crippen molar-refractivity contribution in [1.82, 2.24) is 20.6 Å². The monoisotopic (exact) mass is 245 g/mol. The molecule has 1 fully saturated rings. The van der Waals surface area contributed by atoms with Crippen molar-refractivity contribution < 1.29 is 0 Å². The van der Waals surface area contributed by atoms with Gasteiger partial charge in [0.15, 0.2) is 0 Å². The third kappa shape index (κ3) is 2.57. The molecular weight excluding hydrogens is 226 g/mol. The highest BCUT2D eigenvalue weighted by Gasteiger charge is 2.16. The molecule has 2 aliphatic rings. The summed E-state index contributed by atoms with van der Waals surface area (Å²) in [6.07, 6.45) is 5.09. The first-order valence-corrected chi connectivity index (χ1v) is 6.64. The van der Waals surface area contributed by atoms with Crippen LogP contribution in [0, 0.1) is 0 Å². The first-order chi connectivity index (χ1) is 8.81. The zero-order valence-electron chi connectivity index (χ0n) is 10.7. The van der Waals surface area contributed by atoms with Gasteiger partial charge in [0.25, 0.3) is 0 Å². The number of nitrogens with zero attached hydrogens (tertiary/aromatic N) is 3. The van der Waals surface area contributed by atoms with Gasteiger partial charge in [0.2, 0.25) is 0 Å². The fourth-order valence-corrected chi connectivity index (χ4v) is 2.51. The number of rotatable bonds is 3. The van der Waals surface area contributed by atoms with Crippen molar-refractivity contribution in [3.63, 3.8) is 0 Å². The molecule has 96 valence electrons. The zero-order valence-corrected chi connectivity index (χ0v) is 10.7. The van der Waals surface area contributed by atoms with E-state index in [1.54, 1.807) is 0 Å². The van der Waals surface area contributed by atoms with E-state index in [4.69, 9.17) is 0 Å². The van der Waals surface area contributed by atoms with E-state index in [0.717, 1.165) is 49.0 Å². The van der Waals surface area contributed by atoms with Gasteiger partial charge in [0, 0.05) is 18.2 Å². The SMILES string of the molecule is CC1=Nc2cnc(CNC3CCNCC3)nc2C1. The molecule has 2 aliphatic heterocycles. The number of hydrogen-bond donors (Lipinski definition) is 2. The predicted octanol–water partition coefficient (Wildman–Crippen LogP) is 0.967. The number of hydrogen-bond acceptors (Lipinski definition) is 5. The topological polar surface area (TPSA) is 62.2 Å². The molecule has 5 heteroatoms. The molecule has 0 radical (unpaired) electrons. The number of aromatic nitrogens is 2. The van der Waals surface area contributed by atoms with Crippen LogP contribution in [0.4, 0.5) is 5.69 Å². The summed E-state index contributed by atoms with van der Waals surface area (Å²) < 4.78 is 0. The summed E-state index contributed by atoms with van der Waals surface area (Å²) in [7, 11) is 0. The summed E-state index contributed by atoms with van der Waals surface area (Å²) >= 11 is 0. The fraction of sp³-hybridized carbons (Fsp3) is 0.615. The lowest BCUT2D eigenvalue weighted by Gasteiger charge is -2.23. The van der Waals surface area contributed by atoms with Gasteiger partial charge in [-0.3, -0.25) is 4.99 Å². The first kappa shape index (κ1) is 11.7. The van der Waals surface area contributed by atoms with Crippen LogP contribution >= 0.6 is 0 Å². The molecule has 0 amide bonds. The van der Waals surface area contributed by atoms with Crippen LogP contribution in [0.5, 0.6) is 0 Å². The van der Waals surface area contributed by atoms with Gasteiger partial charge in [-0.1, -0.05) is 0 Å². The lowest BCUT2D eigenvalue weighted by molar-refractivity contribution is 0.383. The van der Waals surface area contributed by atoms with Crippen LogP contribution in [-0.4, -0.2) is 34.8 Å². The molecule has 0 atom stereocenters. The van der Waals surface area contributed by atoms with Crippen LogP contribution in [-0.2, 0) is 13.0 Å². The zero-order chi connectivity index (χ0) is 12.4. The average molecular weight is 245 g/mol. The second-order valence-corrected chi connectivity index (χ2v) is 5.05. The van der Waals surface area contributed by atoms with E-state index < -0.39 is 0 Å². The van der Waals surface area contributed by atoms with Crippen LogP contribution in [0.3, 0.4) is 0 Å². The Hall–Kier alpha value is -1.33. The minimum atomic E-state index is 0.598. The van der Waals surface area contributed by atoms with E-state index in [2.05, 4.69) is 25.6 Å². The Morgan fingerprint density at radius 3 is 3.06 bits per heavy atom. The maximum atomic E-state index is 4.58. The quantitative estimate of drug-likeness (QED) is 0.833. The van der Waals surface area contributed by atoms with Crippen molar-refractivity contribution in [2.45, 2.75) is 38.8 Å². The Bertz CT molecular complexity index is 462. The highest BCUT2D eigenvalue weighted by Crippen LogP contribution is 2.23. The summed E-state index contributed by atoms with van der Waals surface area (Å²) in [6.45, 7) is 5.01. The molecule has 1 aromatic heterocycles. The summed E-state index contributed by atoms with van der Waals surface area (Å²) in [5.74, 6) is 0.886. The molecule has 2 N–H and O–H groups in total. The minimum absolute atomic E-state index is 0.598. The number of fused-ring (bicyclic) bond motifs is 1. The second kappa shape index (κ2) is 5.12. The van der Waals surface area contributed by atoms with E-state index in [0.29, 0.717) is 6.04 Å². The Labute approximate surface area is 107 Å². The van der Waals surface area contributed by atoms with Crippen molar-refractivity contribution in [2.24, 2.45) is 4.99 Å². The van der Waals surface area contributed by atoms with Gasteiger partial charge >= 0.3 is 0 Å². The molecule has 3 heterocycles. The molecule has 18 heavy (non-hydrogen) atoms. The molecule has 5 nitrogen and oxygen atoms in total. The lowest BCUT2D eigenvalue weighted by Crippen LogP contribution is -2.39. The highest BCUT2D eigenvalue weighted by molar-refractivity contribution is 5.91. The van der Waals surface area contributed by atoms with Gasteiger partial charge in [-0.15, -0.1) is 0 Å². The smallest absolute Gasteiger partial charge is 0.142 e. The van der Waals surface area contributed by atoms with Crippen LogP contribution in [0.1, 0.15) is 31.3 Å². The highest BCUT2D eigenvalue weighted by atomic mass is 15.0. The van der Waals surface area contributed by atoms with E-state index in [9.17, 15) is 0 Å². The molecule has 0 aliphatic carbocycles. The average Bonchev–Trinajstić information content (AvgIpc) is 2.77. The molecule has 1 saturated heterocycles. The van der Waals surface area contributed by atoms with Gasteiger partial charge in [0.05, 0.1) is 18.4 Å². The molecule has 0 unspecified atom stereocenters. The van der Waals surface area contributed by atoms with Gasteiger partial charge < -0.3 is 10.6 Å². The van der Waals surface area contributed by atoms with Crippen LogP contribution in [0.15, 0.2) is 11.2 Å². The van der Waals surface area contributed by atoms with Gasteiger partial charge in [0.1, 0.15) is 11.5 Å². The molecule has 1 aromatic rings. The van der Waals surface area contributed by atoms with E-state index >= 15 is 0 Å². The normalized spacial score (nSPS) is 19.7. The van der Waals surface area contributed by atoms with Gasteiger partial charge in [-0.05, 0) is 32.9 Å². The lowest BCUT2D eigenvalue weighted by atomic mass is 10.1. The summed E-state index contributed by atoms with van der Waals surface area (Å²) in [4.78, 5) is 13.4. The Morgan fingerprint density at radius 2 is 2.22 bits per heavy atom. The first-order valence-electron chi connectivity index (χ1n) is 6.64. The molecule has 0 bridgehead atoms. The molecular formula is C13H19N5. The van der Waals surface area contributed by atoms with Crippen molar-refractivity contribution in [2.75, 3.05) is 13.1 Å². The van der Waals surface area contributed by atoms with Crippen molar-refractivity contribution >= 4 is 11.4 Å². The standard InChI is InChI=1S/C13H19N5/c1-9-6-11-12(17-9)7-16-13(18-11)8-15-10-2-4-14-5-3-10/h7,10,14-15H,2-6,8H2,1H3. The summed E-state index contributed by atoms with van der Waals surface area (Å²) in [5.41, 5.74) is 3.14. The minimum Gasteiger partial charge on any atom is -0.317 e. The van der Waals surface area contributed by atoms with E-state index in [1.807, 2.05) is 13.1 Å². The number of piperidine rings is 1. The third-order valence-electron chi connectivity index (χ3n) is 3.52. The van der Waals surface area contributed by atoms with E-state index in [-0.39, 0.29) is 0 Å². The Morgan fingerprint density at radius 1 is 1.39 bits per heavy atom. The van der Waals surface area contributed by atoms with Gasteiger partial charge in [-0.2, -0.15) is 0 Å². The second-order valence-electron chi connectivity index (χ2n) is 5.05. The maximum Gasteiger partial charge on any atom is 0.142 e. The fourth-order valence-electron chi connectivity index (χ4n) is 2.51. The molecule has 0 saturated carbocycles. The Balaban J connectivity index is 1.59. The maximum absolute atomic E-state index is 4.58. The predicted molar refractivity (Wildman–Crippen MR) is 71.2 cm³/mol. The summed E-state index contributed by atoms with van der Waals surface area (Å²) in [5, 5.41) is 6.90. The number of nitrogens with one attached hydrogen (secondary N) is 2. The van der Waals surface area contributed by atoms with Crippen LogP contribution in [0.25, 0.3) is 0 Å². The van der Waals surface area contributed by atoms with Crippen LogP contribution in [0.2, 0.25) is 0 Å². The van der Waals surface area contributed by atoms with Crippen molar-refractivity contribution in [3.05, 3.63) is 17.7 Å². The van der Waals surface area contributed by atoms with Crippen LogP contribution < -0.4 is 10.6 Å². The van der Waals surface area contributed by atoms with E-state index in [1.165, 1.54) is 12.8 Å². The van der Waals surface area contributed by atoms with Crippen molar-refractivity contribution in [1.29, 1.82) is 0 Å². The third-order valence-corrected chi connectivity index (χ3v) is 3.52. The summed E-state index contributed by atoms with van der Waals surface area (Å²) in [6, 6.07) is 0.598. The largest absolute Gasteiger partial charge is 0.317 e. The van der Waals surface area contributed by atoms with Gasteiger partial charge in [-0.25, -0.2) is 9.97 Å². The molecule has 3 rings (SSSR count).